The summed E-state index contributed by atoms with van der Waals surface area (Å²) in [5.41, 5.74) is 2.65. The van der Waals surface area contributed by atoms with E-state index in [1.165, 1.54) is 0 Å². The fourth-order valence-electron chi connectivity index (χ4n) is 1.27. The third kappa shape index (κ3) is 6.02. The van der Waals surface area contributed by atoms with E-state index in [1.807, 2.05) is 0 Å². The lowest BCUT2D eigenvalue weighted by molar-refractivity contribution is 0.225. The molecule has 0 bridgehead atoms. The molecular formula is C12H21O4P. The first kappa shape index (κ1) is 16.4. The van der Waals surface area contributed by atoms with Gasteiger partial charge in [0.2, 0.25) is 0 Å². The van der Waals surface area contributed by atoms with E-state index in [4.69, 9.17) is 14.2 Å². The van der Waals surface area contributed by atoms with Crippen LogP contribution in [0.15, 0.2) is 29.8 Å². The van der Waals surface area contributed by atoms with E-state index in [2.05, 4.69) is 12.3 Å². The van der Waals surface area contributed by atoms with Crippen molar-refractivity contribution in [2.24, 2.45) is 0 Å². The van der Waals surface area contributed by atoms with Crippen molar-refractivity contribution < 1.29 is 18.7 Å². The second-order valence-corrected chi connectivity index (χ2v) is 5.20. The SMILES string of the molecule is C=C=C(CC/C=C\CO)P(=O)(OCC)OCC. The monoisotopic (exact) mass is 260 g/mol. The average molecular weight is 260 g/mol. The number of hydrogen-bond donors (Lipinski definition) is 1. The number of aliphatic hydroxyl groups is 1. The highest BCUT2D eigenvalue weighted by Crippen LogP contribution is 2.57. The number of allylic oxidation sites excluding steroid dienone is 2. The van der Waals surface area contributed by atoms with Gasteiger partial charge in [-0.2, -0.15) is 0 Å². The normalized spacial score (nSPS) is 11.7. The van der Waals surface area contributed by atoms with Gasteiger partial charge >= 0.3 is 7.60 Å². The zero-order valence-electron chi connectivity index (χ0n) is 10.5. The molecule has 0 amide bonds. The van der Waals surface area contributed by atoms with Gasteiger partial charge in [0, 0.05) is 0 Å². The van der Waals surface area contributed by atoms with Crippen molar-refractivity contribution in [2.75, 3.05) is 19.8 Å². The molecule has 98 valence electrons. The van der Waals surface area contributed by atoms with E-state index >= 15 is 0 Å². The predicted octanol–water partition coefficient (Wildman–Crippen LogP) is 3.25. The quantitative estimate of drug-likeness (QED) is 0.393. The van der Waals surface area contributed by atoms with Gasteiger partial charge in [0.15, 0.2) is 0 Å². The Morgan fingerprint density at radius 1 is 1.35 bits per heavy atom. The van der Waals surface area contributed by atoms with Crippen molar-refractivity contribution >= 4 is 7.60 Å². The van der Waals surface area contributed by atoms with Crippen LogP contribution in [0.3, 0.4) is 0 Å². The summed E-state index contributed by atoms with van der Waals surface area (Å²) in [6.07, 6.45) is 4.58. The summed E-state index contributed by atoms with van der Waals surface area (Å²) in [5.74, 6) is 0. The second-order valence-electron chi connectivity index (χ2n) is 3.15. The molecule has 0 aliphatic carbocycles. The summed E-state index contributed by atoms with van der Waals surface area (Å²) in [4.78, 5) is 0. The standard InChI is InChI=1S/C12H21O4P/c1-4-12(10-8-7-9-11-13)17(14,15-5-2)16-6-3/h7,9,13H,1,5-6,8,10-11H2,2-3H3/b9-7-. The molecule has 0 aromatic rings. The fourth-order valence-corrected chi connectivity index (χ4v) is 2.93. The minimum absolute atomic E-state index is 0.00170. The van der Waals surface area contributed by atoms with Gasteiger partial charge in [0.1, 0.15) is 0 Å². The summed E-state index contributed by atoms with van der Waals surface area (Å²) in [5, 5.41) is 9.05. The van der Waals surface area contributed by atoms with E-state index in [0.717, 1.165) is 0 Å². The molecule has 0 aromatic carbocycles. The molecule has 0 radical (unpaired) electrons. The molecular weight excluding hydrogens is 239 g/mol. The smallest absolute Gasteiger partial charge is 0.364 e. The summed E-state index contributed by atoms with van der Waals surface area (Å²) in [6, 6.07) is 0. The van der Waals surface area contributed by atoms with E-state index in [-0.39, 0.29) is 6.61 Å². The van der Waals surface area contributed by atoms with Crippen LogP contribution in [-0.4, -0.2) is 24.9 Å². The van der Waals surface area contributed by atoms with Crippen molar-refractivity contribution in [1.29, 1.82) is 0 Å². The molecule has 0 unspecified atom stereocenters. The Morgan fingerprint density at radius 2 is 1.94 bits per heavy atom. The molecule has 0 rings (SSSR count). The maximum Gasteiger partial charge on any atom is 0.364 e. The van der Waals surface area contributed by atoms with Gasteiger partial charge in [-0.1, -0.05) is 18.7 Å². The lowest BCUT2D eigenvalue weighted by Crippen LogP contribution is -1.98. The Balaban J connectivity index is 4.64. The first-order chi connectivity index (χ1) is 8.14. The van der Waals surface area contributed by atoms with Crippen LogP contribution in [0.5, 0.6) is 0 Å². The first-order valence-corrected chi connectivity index (χ1v) is 7.23. The highest BCUT2D eigenvalue weighted by molar-refractivity contribution is 7.58. The fraction of sp³-hybridized carbons (Fsp3) is 0.583. The summed E-state index contributed by atoms with van der Waals surface area (Å²) in [7, 11) is -3.23. The molecule has 0 aliphatic heterocycles. The van der Waals surface area contributed by atoms with Crippen LogP contribution in [-0.2, 0) is 13.6 Å². The maximum atomic E-state index is 12.4. The van der Waals surface area contributed by atoms with Gasteiger partial charge in [0.25, 0.3) is 0 Å². The molecule has 0 aliphatic rings. The van der Waals surface area contributed by atoms with Gasteiger partial charge in [0.05, 0.1) is 25.1 Å². The molecule has 17 heavy (non-hydrogen) atoms. The van der Waals surface area contributed by atoms with Crippen molar-refractivity contribution in [3.8, 4) is 0 Å². The van der Waals surface area contributed by atoms with Gasteiger partial charge in [-0.25, -0.2) is 0 Å². The molecule has 0 atom stereocenters. The minimum atomic E-state index is -3.23. The molecule has 0 fully saturated rings. The van der Waals surface area contributed by atoms with Crippen LogP contribution >= 0.6 is 7.60 Å². The molecule has 4 nitrogen and oxygen atoms in total. The molecule has 1 N–H and O–H groups in total. The molecule has 0 saturated heterocycles. The Morgan fingerprint density at radius 3 is 2.35 bits per heavy atom. The summed E-state index contributed by atoms with van der Waals surface area (Å²) >= 11 is 0. The van der Waals surface area contributed by atoms with Gasteiger partial charge in [-0.15, -0.1) is 5.73 Å². The zero-order chi connectivity index (χ0) is 13.1. The Bertz CT molecular complexity index is 319. The predicted molar refractivity (Wildman–Crippen MR) is 69.0 cm³/mol. The zero-order valence-corrected chi connectivity index (χ0v) is 11.4. The minimum Gasteiger partial charge on any atom is -0.392 e. The lowest BCUT2D eigenvalue weighted by Gasteiger charge is -2.18. The summed E-state index contributed by atoms with van der Waals surface area (Å²) in [6.45, 7) is 7.68. The van der Waals surface area contributed by atoms with E-state index in [9.17, 15) is 4.57 Å². The molecule has 5 heteroatoms. The highest BCUT2D eigenvalue weighted by atomic mass is 31.2. The van der Waals surface area contributed by atoms with Gasteiger partial charge in [-0.3, -0.25) is 4.57 Å². The Hall–Kier alpha value is -0.630. The first-order valence-electron chi connectivity index (χ1n) is 5.69. The Kier molecular flexibility index (Phi) is 9.06. The molecule has 0 aromatic heterocycles. The summed E-state index contributed by atoms with van der Waals surface area (Å²) < 4.78 is 22.8. The van der Waals surface area contributed by atoms with Crippen LogP contribution in [0.4, 0.5) is 0 Å². The lowest BCUT2D eigenvalue weighted by atomic mass is 10.3. The Labute approximate surface area is 103 Å². The third-order valence-electron chi connectivity index (χ3n) is 1.95. The number of hydrogen-bond acceptors (Lipinski definition) is 4. The van der Waals surface area contributed by atoms with Crippen LogP contribution < -0.4 is 0 Å². The topological polar surface area (TPSA) is 55.8 Å². The van der Waals surface area contributed by atoms with Crippen LogP contribution in [0.25, 0.3) is 0 Å². The number of rotatable bonds is 9. The third-order valence-corrected chi connectivity index (χ3v) is 4.19. The van der Waals surface area contributed by atoms with E-state index < -0.39 is 7.60 Å². The average Bonchev–Trinajstić information content (AvgIpc) is 2.29. The molecule has 0 heterocycles. The van der Waals surface area contributed by atoms with E-state index in [0.29, 0.717) is 31.4 Å². The van der Waals surface area contributed by atoms with Crippen molar-refractivity contribution in [3.63, 3.8) is 0 Å². The van der Waals surface area contributed by atoms with Crippen molar-refractivity contribution in [3.05, 3.63) is 29.8 Å². The molecule has 0 spiro atoms. The van der Waals surface area contributed by atoms with Crippen LogP contribution in [0.2, 0.25) is 0 Å². The van der Waals surface area contributed by atoms with Crippen molar-refractivity contribution in [1.82, 2.24) is 0 Å². The molecule has 0 saturated carbocycles. The van der Waals surface area contributed by atoms with Gasteiger partial charge in [-0.05, 0) is 26.7 Å². The van der Waals surface area contributed by atoms with Crippen LogP contribution in [0.1, 0.15) is 26.7 Å². The van der Waals surface area contributed by atoms with Crippen molar-refractivity contribution in [2.45, 2.75) is 26.7 Å². The van der Waals surface area contributed by atoms with Crippen LogP contribution in [0, 0.1) is 0 Å². The highest BCUT2D eigenvalue weighted by Gasteiger charge is 2.28. The largest absolute Gasteiger partial charge is 0.392 e. The maximum absolute atomic E-state index is 12.4. The number of aliphatic hydroxyl groups excluding tert-OH is 1. The van der Waals surface area contributed by atoms with Gasteiger partial charge < -0.3 is 14.2 Å². The van der Waals surface area contributed by atoms with E-state index in [1.54, 1.807) is 26.0 Å². The second kappa shape index (κ2) is 9.41.